The van der Waals surface area contributed by atoms with Gasteiger partial charge in [-0.05, 0) is 31.6 Å². The first-order valence-electron chi connectivity index (χ1n) is 9.38. The van der Waals surface area contributed by atoms with E-state index in [1.807, 2.05) is 4.90 Å². The number of anilines is 2. The molecule has 26 heavy (non-hydrogen) atoms. The topological polar surface area (TPSA) is 89.5 Å². The number of nitrogens with one attached hydrogen (secondary N) is 1. The summed E-state index contributed by atoms with van der Waals surface area (Å²) in [6, 6.07) is 0. The fourth-order valence-electron chi connectivity index (χ4n) is 3.09. The normalized spacial score (nSPS) is 19.5. The van der Waals surface area contributed by atoms with Crippen LogP contribution in [0.5, 0.6) is 0 Å². The van der Waals surface area contributed by atoms with Gasteiger partial charge in [-0.3, -0.25) is 15.0 Å². The minimum atomic E-state index is -0.203. The Morgan fingerprint density at radius 2 is 2.08 bits per heavy atom. The summed E-state index contributed by atoms with van der Waals surface area (Å²) in [5, 5.41) is 2.68. The number of ether oxygens (including phenoxy) is 2. The van der Waals surface area contributed by atoms with Crippen molar-refractivity contribution in [1.29, 1.82) is 0 Å². The zero-order chi connectivity index (χ0) is 18.9. The molecule has 1 aliphatic carbocycles. The molecule has 0 radical (unpaired) electrons. The van der Waals surface area contributed by atoms with Gasteiger partial charge in [0.05, 0.1) is 0 Å². The molecule has 2 atom stereocenters. The first-order valence-corrected chi connectivity index (χ1v) is 9.38. The van der Waals surface area contributed by atoms with Gasteiger partial charge in [0, 0.05) is 26.6 Å². The van der Waals surface area contributed by atoms with Crippen LogP contribution in [0.1, 0.15) is 64.6 Å². The van der Waals surface area contributed by atoms with Crippen molar-refractivity contribution in [1.82, 2.24) is 15.0 Å². The number of nitrogens with zero attached hydrogens (tertiary/aromatic N) is 4. The predicted molar refractivity (Wildman–Crippen MR) is 100.0 cm³/mol. The van der Waals surface area contributed by atoms with Crippen LogP contribution in [0, 0.1) is 5.92 Å². The quantitative estimate of drug-likeness (QED) is 0.503. The number of hydrogen-bond donors (Lipinski definition) is 1. The van der Waals surface area contributed by atoms with E-state index in [1.54, 1.807) is 7.11 Å². The lowest BCUT2D eigenvalue weighted by atomic mass is 10.1. The number of rotatable bonds is 10. The van der Waals surface area contributed by atoms with Crippen molar-refractivity contribution in [3.63, 3.8) is 0 Å². The minimum Gasteiger partial charge on any atom is -0.364 e. The first kappa shape index (κ1) is 20.5. The average Bonchev–Trinajstić information content (AvgIpc) is 3.03. The number of carbonyl (C=O) groups excluding carboxylic acids is 1. The van der Waals surface area contributed by atoms with Crippen LogP contribution >= 0.6 is 0 Å². The number of hydrogen-bond acceptors (Lipinski definition) is 7. The summed E-state index contributed by atoms with van der Waals surface area (Å²) >= 11 is 0. The van der Waals surface area contributed by atoms with Crippen molar-refractivity contribution >= 4 is 17.8 Å². The maximum absolute atomic E-state index is 11.5. The van der Waals surface area contributed by atoms with Gasteiger partial charge in [-0.1, -0.05) is 20.3 Å². The summed E-state index contributed by atoms with van der Waals surface area (Å²) in [5.74, 6) is 2.24. The lowest BCUT2D eigenvalue weighted by molar-refractivity contribution is -0.114. The van der Waals surface area contributed by atoms with Crippen molar-refractivity contribution in [2.75, 3.05) is 37.4 Å². The Kier molecular flexibility index (Phi) is 8.18. The van der Waals surface area contributed by atoms with E-state index in [4.69, 9.17) is 9.47 Å². The van der Waals surface area contributed by atoms with E-state index >= 15 is 0 Å². The molecule has 0 spiro atoms. The molecule has 0 saturated heterocycles. The Morgan fingerprint density at radius 3 is 2.69 bits per heavy atom. The van der Waals surface area contributed by atoms with E-state index in [0.29, 0.717) is 37.9 Å². The van der Waals surface area contributed by atoms with Crippen LogP contribution in [0.4, 0.5) is 11.9 Å². The number of carbonyl (C=O) groups is 1. The smallest absolute Gasteiger partial charge is 0.234 e. The lowest BCUT2D eigenvalue weighted by Gasteiger charge is -2.23. The Labute approximate surface area is 155 Å². The number of aromatic nitrogens is 3. The molecule has 1 saturated carbocycles. The van der Waals surface area contributed by atoms with E-state index in [2.05, 4.69) is 34.1 Å². The van der Waals surface area contributed by atoms with Crippen LogP contribution in [-0.4, -0.2) is 48.0 Å². The monoisotopic (exact) mass is 365 g/mol. The van der Waals surface area contributed by atoms with E-state index in [0.717, 1.165) is 31.5 Å². The van der Waals surface area contributed by atoms with Gasteiger partial charge in [0.15, 0.2) is 0 Å². The van der Waals surface area contributed by atoms with Gasteiger partial charge in [-0.25, -0.2) is 0 Å². The highest BCUT2D eigenvalue weighted by atomic mass is 16.5. The third-order valence-corrected chi connectivity index (χ3v) is 4.45. The van der Waals surface area contributed by atoms with E-state index in [-0.39, 0.29) is 11.9 Å². The minimum absolute atomic E-state index is 0.203. The third-order valence-electron chi connectivity index (χ3n) is 4.45. The highest BCUT2D eigenvalue weighted by Gasteiger charge is 2.27. The Bertz CT molecular complexity index is 584. The van der Waals surface area contributed by atoms with Crippen molar-refractivity contribution in [3.05, 3.63) is 5.82 Å². The summed E-state index contributed by atoms with van der Waals surface area (Å²) < 4.78 is 11.0. The molecule has 1 amide bonds. The molecule has 8 nitrogen and oxygen atoms in total. The van der Waals surface area contributed by atoms with Crippen molar-refractivity contribution in [2.45, 2.75) is 58.8 Å². The number of unbranched alkanes of at least 4 members (excludes halogenated alkanes) is 1. The highest BCUT2D eigenvalue weighted by Crippen LogP contribution is 2.37. The van der Waals surface area contributed by atoms with Gasteiger partial charge in [0.1, 0.15) is 19.3 Å². The molecule has 1 aromatic heterocycles. The molecule has 2 unspecified atom stereocenters. The first-order chi connectivity index (χ1) is 12.5. The summed E-state index contributed by atoms with van der Waals surface area (Å²) in [7, 11) is 1.62. The molecule has 8 heteroatoms. The number of methoxy groups -OCH3 is 1. The van der Waals surface area contributed by atoms with Crippen LogP contribution < -0.4 is 10.2 Å². The molecule has 1 heterocycles. The Balaban J connectivity index is 2.22. The largest absolute Gasteiger partial charge is 0.364 e. The SMILES string of the molecule is CCCCOCN(COC)c1nc(NC(C)=O)nc(C2CCC(C)C2)n1. The highest BCUT2D eigenvalue weighted by molar-refractivity contribution is 5.86. The second-order valence-electron chi connectivity index (χ2n) is 6.96. The Morgan fingerprint density at radius 1 is 1.27 bits per heavy atom. The maximum atomic E-state index is 11.5. The summed E-state index contributed by atoms with van der Waals surface area (Å²) in [6.45, 7) is 7.12. The van der Waals surface area contributed by atoms with Crippen LogP contribution in [0.2, 0.25) is 0 Å². The van der Waals surface area contributed by atoms with Crippen LogP contribution in [0.3, 0.4) is 0 Å². The van der Waals surface area contributed by atoms with E-state index in [9.17, 15) is 4.79 Å². The van der Waals surface area contributed by atoms with Gasteiger partial charge in [-0.15, -0.1) is 0 Å². The molecule has 146 valence electrons. The third kappa shape index (κ3) is 6.17. The molecule has 1 fully saturated rings. The van der Waals surface area contributed by atoms with Crippen molar-refractivity contribution in [2.24, 2.45) is 5.92 Å². The fourth-order valence-corrected chi connectivity index (χ4v) is 3.09. The molecule has 0 aliphatic heterocycles. The standard InChI is InChI=1S/C18H31N5O3/c1-5-6-9-26-12-23(11-25-4)18-21-16(15-8-7-13(2)10-15)20-17(22-18)19-14(3)24/h13,15H,5-12H2,1-4H3,(H,19,20,21,22,24). The molecule has 2 rings (SSSR count). The fraction of sp³-hybridized carbons (Fsp3) is 0.778. The second-order valence-corrected chi connectivity index (χ2v) is 6.96. The second kappa shape index (κ2) is 10.4. The summed E-state index contributed by atoms with van der Waals surface area (Å²) in [4.78, 5) is 26.8. The molecular formula is C18H31N5O3. The summed E-state index contributed by atoms with van der Waals surface area (Å²) in [5.41, 5.74) is 0. The van der Waals surface area contributed by atoms with Crippen LogP contribution in [-0.2, 0) is 14.3 Å². The lowest BCUT2D eigenvalue weighted by Crippen LogP contribution is -2.31. The Hall–Kier alpha value is -1.80. The van der Waals surface area contributed by atoms with Gasteiger partial charge in [0.2, 0.25) is 17.8 Å². The average molecular weight is 365 g/mol. The predicted octanol–water partition coefficient (Wildman–Crippen LogP) is 2.92. The molecule has 1 aliphatic rings. The number of amides is 1. The van der Waals surface area contributed by atoms with Crippen molar-refractivity contribution < 1.29 is 14.3 Å². The van der Waals surface area contributed by atoms with Gasteiger partial charge >= 0.3 is 0 Å². The summed E-state index contributed by atoms with van der Waals surface area (Å²) in [6.07, 6.45) is 5.36. The van der Waals surface area contributed by atoms with Crippen molar-refractivity contribution in [3.8, 4) is 0 Å². The van der Waals surface area contributed by atoms with Gasteiger partial charge < -0.3 is 9.47 Å². The van der Waals surface area contributed by atoms with Crippen LogP contribution in [0.25, 0.3) is 0 Å². The van der Waals surface area contributed by atoms with Gasteiger partial charge in [0.25, 0.3) is 0 Å². The van der Waals surface area contributed by atoms with E-state index in [1.165, 1.54) is 13.3 Å². The molecule has 1 N–H and O–H groups in total. The molecule has 1 aromatic rings. The molecular weight excluding hydrogens is 334 g/mol. The molecule has 0 bridgehead atoms. The van der Waals surface area contributed by atoms with E-state index < -0.39 is 0 Å². The maximum Gasteiger partial charge on any atom is 0.234 e. The zero-order valence-corrected chi connectivity index (χ0v) is 16.3. The van der Waals surface area contributed by atoms with Crippen LogP contribution in [0.15, 0.2) is 0 Å². The van der Waals surface area contributed by atoms with Gasteiger partial charge in [-0.2, -0.15) is 15.0 Å². The molecule has 0 aromatic carbocycles. The zero-order valence-electron chi connectivity index (χ0n) is 16.3.